The zero-order valence-corrected chi connectivity index (χ0v) is 18.7. The number of nitrogens with zero attached hydrogens (tertiary/aromatic N) is 2. The van der Waals surface area contributed by atoms with Crippen molar-refractivity contribution in [1.82, 2.24) is 15.2 Å². The van der Waals surface area contributed by atoms with Gasteiger partial charge in [-0.1, -0.05) is 17.2 Å². The fraction of sp³-hybridized carbons (Fsp3) is 0.364. The molecule has 1 saturated heterocycles. The Morgan fingerprint density at radius 2 is 1.90 bits per heavy atom. The van der Waals surface area contributed by atoms with E-state index in [0.29, 0.717) is 30.9 Å². The fourth-order valence-electron chi connectivity index (χ4n) is 3.57. The second-order valence-electron chi connectivity index (χ2n) is 7.59. The van der Waals surface area contributed by atoms with Crippen LogP contribution in [0.4, 0.5) is 5.82 Å². The predicted octanol–water partition coefficient (Wildman–Crippen LogP) is 3.07. The molecule has 3 amide bonds. The Balaban J connectivity index is 1.52. The number of likely N-dealkylation sites (tertiary alicyclic amines) is 1. The van der Waals surface area contributed by atoms with Gasteiger partial charge < -0.3 is 15.5 Å². The first-order valence-corrected chi connectivity index (χ1v) is 10.7. The monoisotopic (exact) mass is 472 g/mol. The van der Waals surface area contributed by atoms with Crippen molar-refractivity contribution in [1.29, 1.82) is 0 Å². The van der Waals surface area contributed by atoms with E-state index in [0.717, 1.165) is 22.0 Å². The number of anilines is 1. The van der Waals surface area contributed by atoms with Crippen LogP contribution in [0.1, 0.15) is 34.3 Å². The fourth-order valence-corrected chi connectivity index (χ4v) is 3.81. The van der Waals surface area contributed by atoms with Gasteiger partial charge >= 0.3 is 0 Å². The van der Waals surface area contributed by atoms with Crippen LogP contribution in [-0.4, -0.2) is 47.2 Å². The van der Waals surface area contributed by atoms with Crippen LogP contribution in [0, 0.1) is 19.8 Å². The summed E-state index contributed by atoms with van der Waals surface area (Å²) in [5, 5.41) is 5.50. The summed E-state index contributed by atoms with van der Waals surface area (Å²) in [6.07, 6.45) is 3.06. The molecule has 2 N–H and O–H groups in total. The molecule has 0 radical (unpaired) electrons. The number of carbonyl (C=O) groups is 3. The summed E-state index contributed by atoms with van der Waals surface area (Å²) in [4.78, 5) is 43.3. The minimum absolute atomic E-state index is 0.0889. The summed E-state index contributed by atoms with van der Waals surface area (Å²) >= 11 is 3.31. The minimum atomic E-state index is -0.303. The quantitative estimate of drug-likeness (QED) is 0.699. The molecule has 0 spiro atoms. The van der Waals surface area contributed by atoms with Crippen LogP contribution >= 0.6 is 15.9 Å². The van der Waals surface area contributed by atoms with Crippen LogP contribution in [0.2, 0.25) is 0 Å². The number of amides is 3. The maximum absolute atomic E-state index is 12.6. The minimum Gasteiger partial charge on any atom is -0.343 e. The SMILES string of the molecule is Cc1cc(C)cc(C(=O)NCC(=O)N2CCCC(C(=O)Nc3ccc(Br)cn3)C2)c1. The first kappa shape index (κ1) is 22.0. The topological polar surface area (TPSA) is 91.4 Å². The Hall–Kier alpha value is -2.74. The van der Waals surface area contributed by atoms with Crippen molar-refractivity contribution in [2.45, 2.75) is 26.7 Å². The highest BCUT2D eigenvalue weighted by Gasteiger charge is 2.28. The number of aryl methyl sites for hydroxylation is 2. The van der Waals surface area contributed by atoms with E-state index in [-0.39, 0.29) is 30.2 Å². The number of nitrogens with one attached hydrogen (secondary N) is 2. The van der Waals surface area contributed by atoms with Gasteiger partial charge in [0.1, 0.15) is 5.82 Å². The molecular formula is C22H25BrN4O3. The van der Waals surface area contributed by atoms with Gasteiger partial charge in [0.15, 0.2) is 0 Å². The van der Waals surface area contributed by atoms with E-state index >= 15 is 0 Å². The van der Waals surface area contributed by atoms with Crippen molar-refractivity contribution in [2.75, 3.05) is 25.0 Å². The lowest BCUT2D eigenvalue weighted by Crippen LogP contribution is -2.47. The smallest absolute Gasteiger partial charge is 0.251 e. The molecule has 2 aromatic rings. The molecular weight excluding hydrogens is 448 g/mol. The first-order chi connectivity index (χ1) is 14.3. The average molecular weight is 473 g/mol. The third-order valence-electron chi connectivity index (χ3n) is 5.01. The van der Waals surface area contributed by atoms with E-state index in [2.05, 4.69) is 31.5 Å². The Morgan fingerprint density at radius 3 is 2.57 bits per heavy atom. The molecule has 1 aliphatic rings. The van der Waals surface area contributed by atoms with Gasteiger partial charge in [0.25, 0.3) is 5.91 Å². The van der Waals surface area contributed by atoms with E-state index < -0.39 is 0 Å². The Bertz CT molecular complexity index is 926. The number of halogens is 1. The van der Waals surface area contributed by atoms with Gasteiger partial charge in [0, 0.05) is 29.3 Å². The number of carbonyl (C=O) groups excluding carboxylic acids is 3. The number of hydrogen-bond acceptors (Lipinski definition) is 4. The van der Waals surface area contributed by atoms with E-state index in [4.69, 9.17) is 0 Å². The number of pyridine rings is 1. The molecule has 2 heterocycles. The number of hydrogen-bond donors (Lipinski definition) is 2. The summed E-state index contributed by atoms with van der Waals surface area (Å²) in [6, 6.07) is 9.10. The van der Waals surface area contributed by atoms with Gasteiger partial charge in [-0.15, -0.1) is 0 Å². The number of rotatable bonds is 5. The van der Waals surface area contributed by atoms with E-state index in [1.54, 1.807) is 35.4 Å². The lowest BCUT2D eigenvalue weighted by Gasteiger charge is -2.32. The van der Waals surface area contributed by atoms with Crippen LogP contribution in [-0.2, 0) is 9.59 Å². The van der Waals surface area contributed by atoms with Crippen LogP contribution < -0.4 is 10.6 Å². The molecule has 1 aromatic heterocycles. The molecule has 7 nitrogen and oxygen atoms in total. The first-order valence-electron chi connectivity index (χ1n) is 9.88. The van der Waals surface area contributed by atoms with Crippen molar-refractivity contribution in [3.8, 4) is 0 Å². The molecule has 1 unspecified atom stereocenters. The Morgan fingerprint density at radius 1 is 1.17 bits per heavy atom. The normalized spacial score (nSPS) is 16.1. The Labute approximate surface area is 184 Å². The highest BCUT2D eigenvalue weighted by Crippen LogP contribution is 2.19. The summed E-state index contributed by atoms with van der Waals surface area (Å²) in [5.74, 6) is -0.438. The third kappa shape index (κ3) is 5.89. The van der Waals surface area contributed by atoms with Gasteiger partial charge in [0.2, 0.25) is 11.8 Å². The largest absolute Gasteiger partial charge is 0.343 e. The summed E-state index contributed by atoms with van der Waals surface area (Å²) in [7, 11) is 0. The molecule has 0 bridgehead atoms. The van der Waals surface area contributed by atoms with E-state index in [1.807, 2.05) is 19.9 Å². The van der Waals surface area contributed by atoms with Crippen molar-refractivity contribution < 1.29 is 14.4 Å². The van der Waals surface area contributed by atoms with Gasteiger partial charge in [-0.25, -0.2) is 4.98 Å². The molecule has 1 aliphatic heterocycles. The second-order valence-corrected chi connectivity index (χ2v) is 8.50. The summed E-state index contributed by atoms with van der Waals surface area (Å²) in [5.41, 5.74) is 2.53. The van der Waals surface area contributed by atoms with E-state index in [1.165, 1.54) is 0 Å². The van der Waals surface area contributed by atoms with Crippen LogP contribution in [0.5, 0.6) is 0 Å². The number of benzene rings is 1. The molecule has 1 atom stereocenters. The lowest BCUT2D eigenvalue weighted by atomic mass is 9.97. The van der Waals surface area contributed by atoms with Gasteiger partial charge in [-0.3, -0.25) is 14.4 Å². The average Bonchev–Trinajstić information content (AvgIpc) is 2.72. The molecule has 1 aromatic carbocycles. The second kappa shape index (κ2) is 9.84. The van der Waals surface area contributed by atoms with Crippen molar-refractivity contribution in [3.63, 3.8) is 0 Å². The zero-order valence-electron chi connectivity index (χ0n) is 17.1. The van der Waals surface area contributed by atoms with Gasteiger partial charge in [-0.05, 0) is 66.9 Å². The Kier molecular flexibility index (Phi) is 7.20. The molecule has 1 fully saturated rings. The maximum atomic E-state index is 12.6. The van der Waals surface area contributed by atoms with Crippen LogP contribution in [0.25, 0.3) is 0 Å². The van der Waals surface area contributed by atoms with Crippen molar-refractivity contribution in [2.24, 2.45) is 5.92 Å². The predicted molar refractivity (Wildman–Crippen MR) is 118 cm³/mol. The molecule has 30 heavy (non-hydrogen) atoms. The molecule has 3 rings (SSSR count). The summed E-state index contributed by atoms with van der Waals surface area (Å²) < 4.78 is 0.831. The lowest BCUT2D eigenvalue weighted by molar-refractivity contribution is -0.133. The highest BCUT2D eigenvalue weighted by molar-refractivity contribution is 9.10. The molecule has 158 valence electrons. The van der Waals surface area contributed by atoms with Crippen molar-refractivity contribution >= 4 is 39.5 Å². The van der Waals surface area contributed by atoms with Crippen molar-refractivity contribution in [3.05, 3.63) is 57.7 Å². The number of piperidine rings is 1. The molecule has 0 saturated carbocycles. The van der Waals surface area contributed by atoms with Crippen LogP contribution in [0.3, 0.4) is 0 Å². The van der Waals surface area contributed by atoms with Gasteiger partial charge in [-0.2, -0.15) is 0 Å². The molecule has 0 aliphatic carbocycles. The van der Waals surface area contributed by atoms with E-state index in [9.17, 15) is 14.4 Å². The summed E-state index contributed by atoms with van der Waals surface area (Å²) in [6.45, 7) is 4.68. The molecule has 8 heteroatoms. The number of aromatic nitrogens is 1. The van der Waals surface area contributed by atoms with Gasteiger partial charge in [0.05, 0.1) is 12.5 Å². The zero-order chi connectivity index (χ0) is 21.7. The third-order valence-corrected chi connectivity index (χ3v) is 5.48. The highest BCUT2D eigenvalue weighted by atomic mass is 79.9. The van der Waals surface area contributed by atoms with Crippen LogP contribution in [0.15, 0.2) is 41.0 Å². The maximum Gasteiger partial charge on any atom is 0.251 e. The standard InChI is InChI=1S/C22H25BrN4O3/c1-14-8-15(2)10-17(9-14)21(29)25-12-20(28)27-7-3-4-16(13-27)22(30)26-19-6-5-18(23)11-24-19/h5-6,8-11,16H,3-4,7,12-13H2,1-2H3,(H,25,29)(H,24,26,30).